The van der Waals surface area contributed by atoms with Crippen molar-refractivity contribution >= 4 is 27.1 Å². The standard InChI is InChI=1S/C7H18O3Si3/c1-11-8-12(2)10-13(9-11)6-4-3-5-7-13/h11-12H,3-7H2,1-2H3. The summed E-state index contributed by atoms with van der Waals surface area (Å²) >= 11 is 0. The van der Waals surface area contributed by atoms with E-state index in [2.05, 4.69) is 13.1 Å². The second-order valence-corrected chi connectivity index (χ2v) is 12.0. The second-order valence-electron chi connectivity index (χ2n) is 3.98. The van der Waals surface area contributed by atoms with Crippen LogP contribution < -0.4 is 0 Å². The average molecular weight is 234 g/mol. The highest BCUT2D eigenvalue weighted by molar-refractivity contribution is 6.83. The minimum absolute atomic E-state index is 1.23. The van der Waals surface area contributed by atoms with Crippen molar-refractivity contribution in [3.8, 4) is 0 Å². The van der Waals surface area contributed by atoms with Crippen molar-refractivity contribution in [2.75, 3.05) is 0 Å². The van der Waals surface area contributed by atoms with Gasteiger partial charge in [0.15, 0.2) is 0 Å². The van der Waals surface area contributed by atoms with Crippen molar-refractivity contribution in [3.63, 3.8) is 0 Å². The Bertz CT molecular complexity index is 172. The molecule has 1 spiro atoms. The van der Waals surface area contributed by atoms with Gasteiger partial charge in [0.25, 0.3) is 18.6 Å². The summed E-state index contributed by atoms with van der Waals surface area (Å²) in [5.74, 6) is 0. The first kappa shape index (κ1) is 10.1. The SMILES string of the molecule is C[SiH]1O[SiH](C)O[Si]2(CCCCC2)O1. The molecule has 76 valence electrons. The van der Waals surface area contributed by atoms with Crippen LogP contribution in [0.5, 0.6) is 0 Å². The molecule has 0 bridgehead atoms. The molecule has 2 atom stereocenters. The predicted octanol–water partition coefficient (Wildman–Crippen LogP) is 1.38. The molecule has 0 aliphatic carbocycles. The van der Waals surface area contributed by atoms with Crippen LogP contribution in [0.3, 0.4) is 0 Å². The lowest BCUT2D eigenvalue weighted by molar-refractivity contribution is 0.254. The van der Waals surface area contributed by atoms with E-state index >= 15 is 0 Å². The molecule has 2 unspecified atom stereocenters. The molecule has 13 heavy (non-hydrogen) atoms. The number of rotatable bonds is 0. The zero-order chi connectivity index (χ0) is 9.31. The lowest BCUT2D eigenvalue weighted by Gasteiger charge is -2.42. The first-order valence-electron chi connectivity index (χ1n) is 5.21. The van der Waals surface area contributed by atoms with Gasteiger partial charge >= 0.3 is 8.56 Å². The highest BCUT2D eigenvalue weighted by atomic mass is 28.5. The van der Waals surface area contributed by atoms with Crippen molar-refractivity contribution in [3.05, 3.63) is 0 Å². The summed E-state index contributed by atoms with van der Waals surface area (Å²) in [6.45, 7) is 4.30. The van der Waals surface area contributed by atoms with Gasteiger partial charge in [0.1, 0.15) is 0 Å². The average Bonchev–Trinajstić information content (AvgIpc) is 2.02. The van der Waals surface area contributed by atoms with Gasteiger partial charge in [-0.15, -0.1) is 0 Å². The van der Waals surface area contributed by atoms with Gasteiger partial charge in [-0.2, -0.15) is 0 Å². The van der Waals surface area contributed by atoms with Gasteiger partial charge < -0.3 is 12.3 Å². The number of hydrogen-bond acceptors (Lipinski definition) is 3. The van der Waals surface area contributed by atoms with Crippen LogP contribution >= 0.6 is 0 Å². The summed E-state index contributed by atoms with van der Waals surface area (Å²) in [4.78, 5) is 0. The van der Waals surface area contributed by atoms with Crippen LogP contribution in [0.2, 0.25) is 25.2 Å². The molecule has 3 nitrogen and oxygen atoms in total. The lowest BCUT2D eigenvalue weighted by atomic mass is 10.3. The molecule has 6 heteroatoms. The zero-order valence-corrected chi connectivity index (χ0v) is 11.7. The molecule has 2 heterocycles. The van der Waals surface area contributed by atoms with Gasteiger partial charge in [-0.05, 0) is 25.2 Å². The second kappa shape index (κ2) is 3.95. The van der Waals surface area contributed by atoms with Crippen molar-refractivity contribution in [2.24, 2.45) is 0 Å². The fourth-order valence-corrected chi connectivity index (χ4v) is 15.2. The van der Waals surface area contributed by atoms with Crippen LogP contribution in [0.25, 0.3) is 0 Å². The van der Waals surface area contributed by atoms with Crippen LogP contribution in [-0.4, -0.2) is 27.1 Å². The third-order valence-corrected chi connectivity index (χ3v) is 14.1. The molecule has 2 aliphatic rings. The van der Waals surface area contributed by atoms with Crippen LogP contribution in [0.1, 0.15) is 19.3 Å². The van der Waals surface area contributed by atoms with Crippen LogP contribution in [0, 0.1) is 0 Å². The Kier molecular flexibility index (Phi) is 3.06. The number of hydrogen-bond donors (Lipinski definition) is 0. The smallest absolute Gasteiger partial charge is 0.320 e. The maximum atomic E-state index is 6.05. The first-order chi connectivity index (χ1) is 6.20. The van der Waals surface area contributed by atoms with E-state index in [-0.39, 0.29) is 0 Å². The van der Waals surface area contributed by atoms with Crippen LogP contribution in [0.4, 0.5) is 0 Å². The Morgan fingerprint density at radius 2 is 1.46 bits per heavy atom. The molecule has 0 amide bonds. The molecule has 2 rings (SSSR count). The molecule has 2 saturated heterocycles. The quantitative estimate of drug-likeness (QED) is 0.593. The van der Waals surface area contributed by atoms with Gasteiger partial charge in [0.2, 0.25) is 0 Å². The molecule has 0 radical (unpaired) electrons. The maximum Gasteiger partial charge on any atom is 0.320 e. The summed E-state index contributed by atoms with van der Waals surface area (Å²) in [7, 11) is -4.29. The zero-order valence-electron chi connectivity index (χ0n) is 8.41. The van der Waals surface area contributed by atoms with E-state index in [1.165, 1.54) is 31.4 Å². The predicted molar refractivity (Wildman–Crippen MR) is 58.5 cm³/mol. The largest absolute Gasteiger partial charge is 0.420 e. The highest BCUT2D eigenvalue weighted by Crippen LogP contribution is 2.33. The van der Waals surface area contributed by atoms with Crippen molar-refractivity contribution in [1.29, 1.82) is 0 Å². The Morgan fingerprint density at radius 3 is 2.00 bits per heavy atom. The minimum atomic E-state index is -1.70. The summed E-state index contributed by atoms with van der Waals surface area (Å²) < 4.78 is 17.8. The van der Waals surface area contributed by atoms with Gasteiger partial charge in [-0.3, -0.25) is 0 Å². The van der Waals surface area contributed by atoms with E-state index in [1.54, 1.807) is 0 Å². The first-order valence-corrected chi connectivity index (χ1v) is 11.6. The minimum Gasteiger partial charge on any atom is -0.420 e. The topological polar surface area (TPSA) is 27.7 Å². The van der Waals surface area contributed by atoms with E-state index in [0.717, 1.165) is 0 Å². The third-order valence-electron chi connectivity index (χ3n) is 2.76. The summed E-state index contributed by atoms with van der Waals surface area (Å²) in [5.41, 5.74) is 0. The third kappa shape index (κ3) is 2.31. The van der Waals surface area contributed by atoms with Crippen LogP contribution in [0.15, 0.2) is 0 Å². The van der Waals surface area contributed by atoms with E-state index in [4.69, 9.17) is 12.3 Å². The Labute approximate surface area is 84.3 Å². The summed E-state index contributed by atoms with van der Waals surface area (Å²) in [6, 6.07) is 2.45. The van der Waals surface area contributed by atoms with E-state index in [0.29, 0.717) is 0 Å². The lowest BCUT2D eigenvalue weighted by Crippen LogP contribution is -2.57. The molecule has 0 aromatic rings. The highest BCUT2D eigenvalue weighted by Gasteiger charge is 2.45. The molecule has 0 aromatic carbocycles. The Morgan fingerprint density at radius 1 is 0.923 bits per heavy atom. The van der Waals surface area contributed by atoms with Gasteiger partial charge in [0, 0.05) is 0 Å². The molecule has 0 N–H and O–H groups in total. The monoisotopic (exact) mass is 234 g/mol. The van der Waals surface area contributed by atoms with E-state index < -0.39 is 27.1 Å². The molecule has 0 saturated carbocycles. The van der Waals surface area contributed by atoms with Gasteiger partial charge in [-0.25, -0.2) is 0 Å². The summed E-state index contributed by atoms with van der Waals surface area (Å²) in [6.07, 6.45) is 4.00. The van der Waals surface area contributed by atoms with E-state index in [9.17, 15) is 0 Å². The molecule has 2 fully saturated rings. The fourth-order valence-electron chi connectivity index (χ4n) is 2.28. The van der Waals surface area contributed by atoms with Crippen molar-refractivity contribution < 1.29 is 12.3 Å². The van der Waals surface area contributed by atoms with Crippen molar-refractivity contribution in [2.45, 2.75) is 44.4 Å². The molecular formula is C7H18O3Si3. The fraction of sp³-hybridized carbons (Fsp3) is 1.00. The van der Waals surface area contributed by atoms with Gasteiger partial charge in [-0.1, -0.05) is 19.3 Å². The summed E-state index contributed by atoms with van der Waals surface area (Å²) in [5, 5.41) is 0. The Balaban J connectivity index is 2.02. The normalized spacial score (nSPS) is 39.2. The molecule has 0 aromatic heterocycles. The molecular weight excluding hydrogens is 216 g/mol. The van der Waals surface area contributed by atoms with E-state index in [1.807, 2.05) is 0 Å². The van der Waals surface area contributed by atoms with Gasteiger partial charge in [0.05, 0.1) is 0 Å². The Hall–Kier alpha value is 0.531. The van der Waals surface area contributed by atoms with Crippen LogP contribution in [-0.2, 0) is 12.3 Å². The maximum absolute atomic E-state index is 6.05. The molecule has 2 aliphatic heterocycles. The van der Waals surface area contributed by atoms with Crippen molar-refractivity contribution in [1.82, 2.24) is 0 Å².